The summed E-state index contributed by atoms with van der Waals surface area (Å²) in [5, 5.41) is 35.4. The van der Waals surface area contributed by atoms with Gasteiger partial charge >= 0.3 is 17.9 Å². The molecule has 0 radical (unpaired) electrons. The highest BCUT2D eigenvalue weighted by Crippen LogP contribution is 2.75. The van der Waals surface area contributed by atoms with Crippen LogP contribution in [0.4, 0.5) is 0 Å². The number of allylic oxidation sites excluding steroid dienone is 2. The predicted molar refractivity (Wildman–Crippen MR) is 210 cm³/mol. The number of carbonyl (C=O) groups is 4. The smallest absolute Gasteiger partial charge is 0.303 e. The third-order valence-electron chi connectivity index (χ3n) is 16.7. The number of aliphatic hydroxyl groups excluding tert-OH is 2. The molecule has 4 saturated carbocycles. The van der Waals surface area contributed by atoms with Crippen molar-refractivity contribution in [3.05, 3.63) is 23.5 Å². The van der Waals surface area contributed by atoms with Crippen LogP contribution in [0.15, 0.2) is 17.8 Å². The Morgan fingerprint density at radius 1 is 0.845 bits per heavy atom. The molecule has 1 saturated heterocycles. The Kier molecular flexibility index (Phi) is 10.8. The van der Waals surface area contributed by atoms with Crippen molar-refractivity contribution in [2.75, 3.05) is 6.61 Å². The Bertz CT molecular complexity index is 1840. The SMILES string of the molecule is CC(=O)O[C@@H]1[C@H](OC(C)=O)[C@H](n2cc(CNC(=O)[C@]34CCC(C)(C)C[C@H]3C3=CC[C@@H]5[C@@]6(C)CC[C@H](O)C(C)(C)[C@@H]6CC[C@@]5(C)[C@]3(C)C[C@H]4O)nn2)OC[C@H]1OC(C)=O. The number of nitrogens with zero attached hydrogens (tertiary/aromatic N) is 3. The van der Waals surface area contributed by atoms with Crippen LogP contribution in [0.2, 0.25) is 0 Å². The topological polar surface area (TPSA) is 188 Å². The summed E-state index contributed by atoms with van der Waals surface area (Å²) in [7, 11) is 0. The van der Waals surface area contributed by atoms with E-state index in [1.165, 1.54) is 31.0 Å². The van der Waals surface area contributed by atoms with Crippen molar-refractivity contribution in [2.45, 2.75) is 170 Å². The lowest BCUT2D eigenvalue weighted by Crippen LogP contribution is -2.68. The Labute approximate surface area is 342 Å². The van der Waals surface area contributed by atoms with Crippen LogP contribution in [0.5, 0.6) is 0 Å². The van der Waals surface area contributed by atoms with Gasteiger partial charge in [-0.25, -0.2) is 4.68 Å². The van der Waals surface area contributed by atoms with Crippen LogP contribution in [-0.4, -0.2) is 86.1 Å². The number of fused-ring (bicyclic) bond motifs is 7. The van der Waals surface area contributed by atoms with Gasteiger partial charge in [-0.05, 0) is 103 Å². The molecule has 3 N–H and O–H groups in total. The number of aromatic nitrogens is 3. The first-order valence-corrected chi connectivity index (χ1v) is 21.4. The molecule has 13 atom stereocenters. The lowest BCUT2D eigenvalue weighted by atomic mass is 9.33. The maximum atomic E-state index is 14.8. The van der Waals surface area contributed by atoms with Crippen molar-refractivity contribution in [3.8, 4) is 0 Å². The number of carbonyl (C=O) groups excluding carboxylic acids is 4. The quantitative estimate of drug-likeness (QED) is 0.182. The summed E-state index contributed by atoms with van der Waals surface area (Å²) in [5.74, 6) is -1.48. The first-order valence-electron chi connectivity index (χ1n) is 21.4. The summed E-state index contributed by atoms with van der Waals surface area (Å²) in [6, 6.07) is 0. The zero-order valence-electron chi connectivity index (χ0n) is 36.1. The van der Waals surface area contributed by atoms with Crippen LogP contribution in [-0.2, 0) is 44.7 Å². The second-order valence-corrected chi connectivity index (χ2v) is 20.7. The van der Waals surface area contributed by atoms with Gasteiger partial charge in [0.05, 0.1) is 37.0 Å². The fourth-order valence-corrected chi connectivity index (χ4v) is 13.5. The number of aliphatic hydroxyl groups is 2. The molecule has 5 aliphatic carbocycles. The van der Waals surface area contributed by atoms with E-state index in [2.05, 4.69) is 70.2 Å². The van der Waals surface area contributed by atoms with Crippen LogP contribution < -0.4 is 5.32 Å². The lowest BCUT2D eigenvalue weighted by molar-refractivity contribution is -0.241. The molecule has 1 aromatic rings. The summed E-state index contributed by atoms with van der Waals surface area (Å²) in [6.45, 7) is 19.9. The lowest BCUT2D eigenvalue weighted by Gasteiger charge is -2.71. The number of nitrogens with one attached hydrogen (secondary N) is 1. The van der Waals surface area contributed by atoms with Crippen molar-refractivity contribution in [1.82, 2.24) is 20.3 Å². The third kappa shape index (κ3) is 6.71. The highest BCUT2D eigenvalue weighted by atomic mass is 16.6. The van der Waals surface area contributed by atoms with Gasteiger partial charge in [-0.3, -0.25) is 19.2 Å². The van der Waals surface area contributed by atoms with E-state index >= 15 is 0 Å². The average Bonchev–Trinajstić information content (AvgIpc) is 3.59. The van der Waals surface area contributed by atoms with Crippen LogP contribution in [0, 0.1) is 50.2 Å². The first kappa shape index (κ1) is 42.8. The van der Waals surface area contributed by atoms with Gasteiger partial charge in [-0.1, -0.05) is 65.3 Å². The molecule has 1 amide bonds. The molecule has 322 valence electrons. The molecule has 6 aliphatic rings. The zero-order valence-corrected chi connectivity index (χ0v) is 36.1. The third-order valence-corrected chi connectivity index (χ3v) is 16.7. The molecule has 2 heterocycles. The predicted octanol–water partition coefficient (Wildman–Crippen LogP) is 5.35. The fourth-order valence-electron chi connectivity index (χ4n) is 13.5. The van der Waals surface area contributed by atoms with Crippen molar-refractivity contribution in [1.29, 1.82) is 0 Å². The van der Waals surface area contributed by atoms with E-state index in [1.54, 1.807) is 6.20 Å². The largest absolute Gasteiger partial charge is 0.456 e. The zero-order chi connectivity index (χ0) is 42.4. The summed E-state index contributed by atoms with van der Waals surface area (Å²) in [6.07, 6.45) is 5.85. The van der Waals surface area contributed by atoms with Crippen molar-refractivity contribution in [2.24, 2.45) is 50.2 Å². The Hall–Kier alpha value is -3.36. The maximum absolute atomic E-state index is 14.8. The molecule has 5 fully saturated rings. The highest BCUT2D eigenvalue weighted by molar-refractivity contribution is 5.85. The second-order valence-electron chi connectivity index (χ2n) is 20.7. The van der Waals surface area contributed by atoms with Gasteiger partial charge in [0.15, 0.2) is 24.5 Å². The van der Waals surface area contributed by atoms with E-state index in [4.69, 9.17) is 18.9 Å². The molecule has 0 unspecified atom stereocenters. The Morgan fingerprint density at radius 3 is 2.19 bits per heavy atom. The van der Waals surface area contributed by atoms with Gasteiger partial charge in [0, 0.05) is 20.8 Å². The van der Waals surface area contributed by atoms with E-state index in [9.17, 15) is 29.4 Å². The Morgan fingerprint density at radius 2 is 1.52 bits per heavy atom. The van der Waals surface area contributed by atoms with Crippen molar-refractivity contribution >= 4 is 23.8 Å². The van der Waals surface area contributed by atoms with Gasteiger partial charge in [-0.15, -0.1) is 5.10 Å². The number of amides is 1. The molecule has 58 heavy (non-hydrogen) atoms. The van der Waals surface area contributed by atoms with E-state index in [0.717, 1.165) is 44.9 Å². The number of rotatable bonds is 7. The van der Waals surface area contributed by atoms with Crippen LogP contribution in [0.25, 0.3) is 0 Å². The fraction of sp³-hybridized carbons (Fsp3) is 0.818. The van der Waals surface area contributed by atoms with Gasteiger partial charge < -0.3 is 34.5 Å². The molecule has 0 aromatic carbocycles. The van der Waals surface area contributed by atoms with Gasteiger partial charge in [0.25, 0.3) is 0 Å². The molecule has 0 spiro atoms. The van der Waals surface area contributed by atoms with Gasteiger partial charge in [0.1, 0.15) is 5.69 Å². The molecule has 14 heteroatoms. The normalized spacial score (nSPS) is 42.6. The van der Waals surface area contributed by atoms with E-state index in [-0.39, 0.29) is 58.2 Å². The standard InChI is InChI=1S/C44H66N4O10/c1-24(49)56-30-23-55-37(36(58-26(3)51)35(30)57-25(2)50)48-22-27(46-47-48)21-45-38(54)44-18-17-39(4,5)19-29(44)28-11-12-32-41(8)15-14-33(52)40(6,7)31(41)13-16-42(32,9)43(28,10)20-34(44)53/h11,22,29-37,52-53H,12-21,23H2,1-10H3,(H,45,54)/t29-,30+,31-,32+,33-,34+,35-,36-,37+,41-,42+,43+,44+/m0/s1. The summed E-state index contributed by atoms with van der Waals surface area (Å²) in [4.78, 5) is 51.0. The van der Waals surface area contributed by atoms with E-state index in [0.29, 0.717) is 30.4 Å². The minimum absolute atomic E-state index is 0.0161. The number of hydrogen-bond acceptors (Lipinski definition) is 12. The average molecular weight is 811 g/mol. The van der Waals surface area contributed by atoms with Gasteiger partial charge in [0.2, 0.25) is 5.91 Å². The summed E-state index contributed by atoms with van der Waals surface area (Å²) >= 11 is 0. The molecule has 14 nitrogen and oxygen atoms in total. The van der Waals surface area contributed by atoms with Crippen LogP contribution in [0.1, 0.15) is 139 Å². The van der Waals surface area contributed by atoms with Gasteiger partial charge in [-0.2, -0.15) is 0 Å². The molecular formula is C44H66N4O10. The maximum Gasteiger partial charge on any atom is 0.303 e. The molecule has 0 bridgehead atoms. The van der Waals surface area contributed by atoms with E-state index < -0.39 is 54.0 Å². The number of hydrogen-bond donors (Lipinski definition) is 3. The summed E-state index contributed by atoms with van der Waals surface area (Å²) in [5.41, 5.74) is 0.224. The number of ether oxygens (including phenoxy) is 4. The minimum atomic E-state index is -1.22. The first-order chi connectivity index (χ1) is 27.0. The molecule has 1 aliphatic heterocycles. The number of esters is 3. The molecule has 1 aromatic heterocycles. The van der Waals surface area contributed by atoms with E-state index in [1.807, 2.05) is 0 Å². The molecular weight excluding hydrogens is 745 g/mol. The Balaban J connectivity index is 1.15. The van der Waals surface area contributed by atoms with Crippen LogP contribution >= 0.6 is 0 Å². The van der Waals surface area contributed by atoms with Crippen molar-refractivity contribution in [3.63, 3.8) is 0 Å². The van der Waals surface area contributed by atoms with Crippen LogP contribution in [0.3, 0.4) is 0 Å². The summed E-state index contributed by atoms with van der Waals surface area (Å²) < 4.78 is 23.7. The molecule has 7 rings (SSSR count). The highest BCUT2D eigenvalue weighted by Gasteiger charge is 2.71. The second kappa shape index (κ2) is 14.7. The minimum Gasteiger partial charge on any atom is -0.456 e. The monoisotopic (exact) mass is 810 g/mol. The van der Waals surface area contributed by atoms with Crippen molar-refractivity contribution < 1.29 is 48.3 Å².